The van der Waals surface area contributed by atoms with Crippen molar-refractivity contribution in [1.29, 1.82) is 0 Å². The lowest BCUT2D eigenvalue weighted by Gasteiger charge is -2.23. The lowest BCUT2D eigenvalue weighted by atomic mass is 9.99. The predicted molar refractivity (Wildman–Crippen MR) is 125 cm³/mol. The van der Waals surface area contributed by atoms with Crippen LogP contribution in [0.15, 0.2) is 82.8 Å². The Bertz CT molecular complexity index is 1420. The molecule has 1 N–H and O–H groups in total. The average molecular weight is 506 g/mol. The third-order valence-electron chi connectivity index (χ3n) is 5.36. The van der Waals surface area contributed by atoms with Crippen LogP contribution in [-0.2, 0) is 20.0 Å². The van der Waals surface area contributed by atoms with Crippen molar-refractivity contribution in [2.45, 2.75) is 24.3 Å². The third-order valence-corrected chi connectivity index (χ3v) is 8.36. The highest BCUT2D eigenvalue weighted by molar-refractivity contribution is 7.92. The molecule has 3 aromatic carbocycles. The minimum atomic E-state index is -4.15. The molecule has 0 amide bonds. The van der Waals surface area contributed by atoms with Crippen LogP contribution in [-0.4, -0.2) is 32.7 Å². The molecule has 34 heavy (non-hydrogen) atoms. The highest BCUT2D eigenvalue weighted by Crippen LogP contribution is 2.37. The first-order chi connectivity index (χ1) is 16.1. The average Bonchev–Trinajstić information content (AvgIpc) is 3.26. The molecule has 1 atom stereocenters. The molecule has 0 aliphatic carbocycles. The molecule has 0 bridgehead atoms. The van der Waals surface area contributed by atoms with Crippen LogP contribution < -0.4 is 4.72 Å². The first kappa shape index (κ1) is 23.8. The lowest BCUT2D eigenvalue weighted by Crippen LogP contribution is -2.27. The summed E-state index contributed by atoms with van der Waals surface area (Å²) < 4.78 is 80.5. The number of hydrogen-bond acceptors (Lipinski definition) is 5. The van der Waals surface area contributed by atoms with Gasteiger partial charge in [0.2, 0.25) is 10.0 Å². The molecule has 0 spiro atoms. The predicted octanol–water partition coefficient (Wildman–Crippen LogP) is 4.27. The van der Waals surface area contributed by atoms with Gasteiger partial charge in [0.15, 0.2) is 0 Å². The van der Waals surface area contributed by atoms with E-state index in [1.807, 2.05) is 0 Å². The van der Waals surface area contributed by atoms with Crippen LogP contribution in [0.25, 0.3) is 0 Å². The van der Waals surface area contributed by atoms with Crippen LogP contribution in [0, 0.1) is 11.6 Å². The third kappa shape index (κ3) is 4.95. The molecule has 1 unspecified atom stereocenters. The fraction of sp³-hybridized carbons (Fsp3) is 0.174. The SMILES string of the molecule is CCS(=O)(=O)Nc1ccc(C2=NN(S(=O)(=O)c3ccc(F)cc3)C(c3ccc(F)cc3)C2)cc1. The summed E-state index contributed by atoms with van der Waals surface area (Å²) in [5.41, 5.74) is 1.96. The van der Waals surface area contributed by atoms with E-state index >= 15 is 0 Å². The number of hydrazone groups is 1. The van der Waals surface area contributed by atoms with E-state index in [1.165, 1.54) is 31.2 Å². The number of hydrogen-bond donors (Lipinski definition) is 1. The summed E-state index contributed by atoms with van der Waals surface area (Å²) in [4.78, 5) is -0.129. The van der Waals surface area contributed by atoms with Crippen LogP contribution in [0.4, 0.5) is 14.5 Å². The largest absolute Gasteiger partial charge is 0.284 e. The summed E-state index contributed by atoms with van der Waals surface area (Å²) >= 11 is 0. The Balaban J connectivity index is 1.71. The smallest absolute Gasteiger partial charge is 0.279 e. The molecule has 0 saturated carbocycles. The van der Waals surface area contributed by atoms with Gasteiger partial charge in [-0.25, -0.2) is 17.2 Å². The molecule has 11 heteroatoms. The van der Waals surface area contributed by atoms with Crippen molar-refractivity contribution in [3.63, 3.8) is 0 Å². The van der Waals surface area contributed by atoms with Gasteiger partial charge in [-0.3, -0.25) is 4.72 Å². The van der Waals surface area contributed by atoms with E-state index in [4.69, 9.17) is 0 Å². The fourth-order valence-corrected chi connectivity index (χ4v) is 5.59. The summed E-state index contributed by atoms with van der Waals surface area (Å²) in [6, 6.07) is 15.6. The summed E-state index contributed by atoms with van der Waals surface area (Å²) in [6.07, 6.45) is 0.200. The van der Waals surface area contributed by atoms with Crippen molar-refractivity contribution in [2.75, 3.05) is 10.5 Å². The van der Waals surface area contributed by atoms with E-state index in [0.717, 1.165) is 28.7 Å². The van der Waals surface area contributed by atoms with E-state index in [1.54, 1.807) is 24.3 Å². The molecule has 0 radical (unpaired) electrons. The highest BCUT2D eigenvalue weighted by atomic mass is 32.2. The molecule has 7 nitrogen and oxygen atoms in total. The second-order valence-electron chi connectivity index (χ2n) is 7.63. The zero-order valence-electron chi connectivity index (χ0n) is 18.0. The number of halogens is 2. The molecule has 1 aliphatic rings. The van der Waals surface area contributed by atoms with E-state index in [2.05, 4.69) is 9.82 Å². The summed E-state index contributed by atoms with van der Waals surface area (Å²) in [5, 5.41) is 4.37. The number of anilines is 1. The van der Waals surface area contributed by atoms with Crippen LogP contribution in [0.5, 0.6) is 0 Å². The van der Waals surface area contributed by atoms with Crippen molar-refractivity contribution in [3.8, 4) is 0 Å². The first-order valence-corrected chi connectivity index (χ1v) is 13.4. The molecule has 178 valence electrons. The maximum atomic E-state index is 13.5. The van der Waals surface area contributed by atoms with Gasteiger partial charge in [0, 0.05) is 12.1 Å². The van der Waals surface area contributed by atoms with Gasteiger partial charge >= 0.3 is 0 Å². The number of sulfonamides is 2. The van der Waals surface area contributed by atoms with Crippen LogP contribution in [0.3, 0.4) is 0 Å². The molecule has 0 saturated heterocycles. The Morgan fingerprint density at radius 1 is 0.882 bits per heavy atom. The van der Waals surface area contributed by atoms with E-state index in [9.17, 15) is 25.6 Å². The summed E-state index contributed by atoms with van der Waals surface area (Å²) in [5.74, 6) is -1.10. The highest BCUT2D eigenvalue weighted by Gasteiger charge is 2.37. The summed E-state index contributed by atoms with van der Waals surface area (Å²) in [6.45, 7) is 1.52. The minimum absolute atomic E-state index is 0.0724. The molecule has 0 aromatic heterocycles. The normalized spacial score (nSPS) is 16.4. The Morgan fingerprint density at radius 2 is 1.44 bits per heavy atom. The molecule has 3 aromatic rings. The first-order valence-electron chi connectivity index (χ1n) is 10.3. The Hall–Kier alpha value is -3.31. The van der Waals surface area contributed by atoms with Gasteiger partial charge in [-0.15, -0.1) is 0 Å². The van der Waals surface area contributed by atoms with Crippen molar-refractivity contribution in [1.82, 2.24) is 4.41 Å². The van der Waals surface area contributed by atoms with Gasteiger partial charge in [-0.1, -0.05) is 24.3 Å². The number of nitrogens with zero attached hydrogens (tertiary/aromatic N) is 2. The quantitative estimate of drug-likeness (QED) is 0.519. The maximum Gasteiger partial charge on any atom is 0.279 e. The van der Waals surface area contributed by atoms with Gasteiger partial charge in [0.25, 0.3) is 10.0 Å². The zero-order chi connectivity index (χ0) is 24.5. The number of rotatable bonds is 7. The van der Waals surface area contributed by atoms with Gasteiger partial charge in [0.05, 0.1) is 22.4 Å². The van der Waals surface area contributed by atoms with Crippen LogP contribution in [0.2, 0.25) is 0 Å². The van der Waals surface area contributed by atoms with E-state index in [0.29, 0.717) is 22.5 Å². The van der Waals surface area contributed by atoms with Crippen molar-refractivity contribution >= 4 is 31.4 Å². The van der Waals surface area contributed by atoms with Gasteiger partial charge in [-0.2, -0.15) is 17.9 Å². The Labute approximate surface area is 196 Å². The second-order valence-corrected chi connectivity index (χ2v) is 11.4. The van der Waals surface area contributed by atoms with E-state index < -0.39 is 37.7 Å². The van der Waals surface area contributed by atoms with Gasteiger partial charge < -0.3 is 0 Å². The van der Waals surface area contributed by atoms with E-state index in [-0.39, 0.29) is 17.1 Å². The number of benzene rings is 3. The standard InChI is InChI=1S/C23H21F2N3O4S2/c1-2-33(29,30)27-20-11-5-16(6-12-20)22-15-23(17-3-7-18(24)8-4-17)28(26-22)34(31,32)21-13-9-19(25)10-14-21/h3-14,23,27H,2,15H2,1H3. The monoisotopic (exact) mass is 505 g/mol. The maximum absolute atomic E-state index is 13.5. The van der Waals surface area contributed by atoms with Crippen molar-refractivity contribution in [2.24, 2.45) is 5.10 Å². The molecule has 0 fully saturated rings. The summed E-state index contributed by atoms with van der Waals surface area (Å²) in [7, 11) is -7.59. The van der Waals surface area contributed by atoms with Gasteiger partial charge in [-0.05, 0) is 66.6 Å². The minimum Gasteiger partial charge on any atom is -0.284 e. The zero-order valence-corrected chi connectivity index (χ0v) is 19.7. The topological polar surface area (TPSA) is 95.9 Å². The van der Waals surface area contributed by atoms with Crippen molar-refractivity contribution in [3.05, 3.63) is 95.6 Å². The Morgan fingerprint density at radius 3 is 2.00 bits per heavy atom. The van der Waals surface area contributed by atoms with Crippen LogP contribution >= 0.6 is 0 Å². The van der Waals surface area contributed by atoms with Crippen LogP contribution in [0.1, 0.15) is 30.5 Å². The lowest BCUT2D eigenvalue weighted by molar-refractivity contribution is 0.371. The molecular formula is C23H21F2N3O4S2. The van der Waals surface area contributed by atoms with Gasteiger partial charge in [0.1, 0.15) is 11.6 Å². The molecule has 1 aliphatic heterocycles. The molecular weight excluding hydrogens is 484 g/mol. The number of nitrogens with one attached hydrogen (secondary N) is 1. The fourth-order valence-electron chi connectivity index (χ4n) is 3.51. The Kier molecular flexibility index (Phi) is 6.41. The second kappa shape index (κ2) is 9.15. The van der Waals surface area contributed by atoms with Crippen molar-refractivity contribution < 1.29 is 25.6 Å². The molecule has 1 heterocycles. The molecule has 4 rings (SSSR count).